The molecule has 41 heavy (non-hydrogen) atoms. The molecule has 0 amide bonds. The lowest BCUT2D eigenvalue weighted by Crippen LogP contribution is -2.35. The summed E-state index contributed by atoms with van der Waals surface area (Å²) < 4.78 is 52.7. The SMILES string of the molecule is Cl.Fc1cc(F)c(C2CNCC2Nc2ncc(OCCC3CCN(c4nnn(C5CCOC5)n4)CC3)cn2)cc1F. The first-order valence-corrected chi connectivity index (χ1v) is 13.7. The van der Waals surface area contributed by atoms with Crippen molar-refractivity contribution in [2.75, 3.05) is 56.2 Å². The van der Waals surface area contributed by atoms with Gasteiger partial charge in [0.1, 0.15) is 5.82 Å². The van der Waals surface area contributed by atoms with E-state index in [1.165, 1.54) is 0 Å². The number of halogens is 4. The summed E-state index contributed by atoms with van der Waals surface area (Å²) in [6.07, 6.45) is 7.08. The Morgan fingerprint density at radius 1 is 1.02 bits per heavy atom. The predicted octanol–water partition coefficient (Wildman–Crippen LogP) is 3.12. The van der Waals surface area contributed by atoms with Crippen molar-refractivity contribution in [3.8, 4) is 5.75 Å². The lowest BCUT2D eigenvalue weighted by molar-refractivity contribution is 0.181. The number of rotatable bonds is 9. The Hall–Kier alpha value is -3.23. The molecule has 0 bridgehead atoms. The molecule has 3 aliphatic heterocycles. The second-order valence-corrected chi connectivity index (χ2v) is 10.5. The van der Waals surface area contributed by atoms with E-state index in [2.05, 4.69) is 40.9 Å². The molecule has 3 saturated heterocycles. The number of piperidine rings is 1. The zero-order chi connectivity index (χ0) is 27.5. The Balaban J connectivity index is 0.00000337. The minimum absolute atomic E-state index is 0. The summed E-state index contributed by atoms with van der Waals surface area (Å²) in [7, 11) is 0. The number of aromatic nitrogens is 6. The summed E-state index contributed by atoms with van der Waals surface area (Å²) >= 11 is 0. The number of nitrogens with one attached hydrogen (secondary N) is 2. The first-order chi connectivity index (χ1) is 19.5. The van der Waals surface area contributed by atoms with E-state index >= 15 is 0 Å². The standard InChI is InChI=1S/C26H32F3N9O2.ClH/c27-21-10-23(29)22(28)9-19(21)20-13-30-14-24(20)33-25-31-11-18(12-32-25)40-8-3-16-1-5-37(6-2-16)26-34-36-38(35-26)17-4-7-39-15-17;/h9-12,16-17,20,24,30H,1-8,13-15H2,(H,31,32,33);1H. The van der Waals surface area contributed by atoms with Crippen LogP contribution in [0.1, 0.15) is 43.2 Å². The number of benzene rings is 1. The Morgan fingerprint density at radius 3 is 2.56 bits per heavy atom. The molecule has 1 aromatic carbocycles. The highest BCUT2D eigenvalue weighted by Crippen LogP contribution is 2.29. The van der Waals surface area contributed by atoms with Gasteiger partial charge in [0, 0.05) is 50.8 Å². The third-order valence-electron chi connectivity index (χ3n) is 7.94. The van der Waals surface area contributed by atoms with Crippen molar-refractivity contribution in [2.45, 2.75) is 43.7 Å². The van der Waals surface area contributed by atoms with Crippen LogP contribution in [0.15, 0.2) is 24.5 Å². The zero-order valence-electron chi connectivity index (χ0n) is 22.4. The van der Waals surface area contributed by atoms with Gasteiger partial charge in [0.25, 0.3) is 5.95 Å². The molecule has 3 fully saturated rings. The molecule has 0 spiro atoms. The van der Waals surface area contributed by atoms with Crippen molar-refractivity contribution in [3.05, 3.63) is 47.5 Å². The summed E-state index contributed by atoms with van der Waals surface area (Å²) in [6, 6.07) is 1.41. The van der Waals surface area contributed by atoms with E-state index in [0.717, 1.165) is 51.4 Å². The van der Waals surface area contributed by atoms with Gasteiger partial charge in [-0.1, -0.05) is 5.10 Å². The highest BCUT2D eigenvalue weighted by atomic mass is 35.5. The number of ether oxygens (including phenoxy) is 2. The number of nitrogens with zero attached hydrogens (tertiary/aromatic N) is 7. The highest BCUT2D eigenvalue weighted by molar-refractivity contribution is 5.85. The maximum atomic E-state index is 14.3. The van der Waals surface area contributed by atoms with Crippen molar-refractivity contribution in [1.82, 2.24) is 35.5 Å². The molecule has 3 atom stereocenters. The van der Waals surface area contributed by atoms with Crippen molar-refractivity contribution >= 4 is 24.3 Å². The van der Waals surface area contributed by atoms with Gasteiger partial charge >= 0.3 is 0 Å². The van der Waals surface area contributed by atoms with Crippen LogP contribution in [0.4, 0.5) is 25.1 Å². The third-order valence-corrected chi connectivity index (χ3v) is 7.94. The van der Waals surface area contributed by atoms with Crippen molar-refractivity contribution < 1.29 is 22.6 Å². The normalized spacial score (nSPS) is 23.0. The minimum Gasteiger partial charge on any atom is -0.490 e. The zero-order valence-corrected chi connectivity index (χ0v) is 23.2. The van der Waals surface area contributed by atoms with Crippen LogP contribution in [0.2, 0.25) is 0 Å². The molecule has 5 heterocycles. The van der Waals surface area contributed by atoms with E-state index in [4.69, 9.17) is 9.47 Å². The molecule has 15 heteroatoms. The van der Waals surface area contributed by atoms with Gasteiger partial charge in [0.15, 0.2) is 17.4 Å². The quantitative estimate of drug-likeness (QED) is 0.358. The second-order valence-electron chi connectivity index (χ2n) is 10.5. The average molecular weight is 596 g/mol. The van der Waals surface area contributed by atoms with Crippen LogP contribution in [0, 0.1) is 23.4 Å². The monoisotopic (exact) mass is 595 g/mol. The molecule has 2 N–H and O–H groups in total. The van der Waals surface area contributed by atoms with E-state index in [1.807, 2.05) is 0 Å². The summed E-state index contributed by atoms with van der Waals surface area (Å²) in [5.74, 6) is -1.29. The van der Waals surface area contributed by atoms with Crippen molar-refractivity contribution in [1.29, 1.82) is 0 Å². The Morgan fingerprint density at radius 2 is 1.80 bits per heavy atom. The van der Waals surface area contributed by atoms with E-state index < -0.39 is 23.4 Å². The molecule has 6 rings (SSSR count). The fraction of sp³-hybridized carbons (Fsp3) is 0.577. The third kappa shape index (κ3) is 6.81. The number of hydrogen-bond acceptors (Lipinski definition) is 10. The predicted molar refractivity (Wildman–Crippen MR) is 146 cm³/mol. The molecule has 3 unspecified atom stereocenters. The number of hydrogen-bond donors (Lipinski definition) is 2. The van der Waals surface area contributed by atoms with Crippen LogP contribution in [-0.2, 0) is 4.74 Å². The van der Waals surface area contributed by atoms with Crippen LogP contribution in [-0.4, -0.2) is 82.2 Å². The molecule has 0 saturated carbocycles. The second kappa shape index (κ2) is 13.2. The summed E-state index contributed by atoms with van der Waals surface area (Å²) in [5, 5.41) is 19.3. The molecular formula is C26H33ClF3N9O2. The lowest BCUT2D eigenvalue weighted by atomic mass is 9.93. The van der Waals surface area contributed by atoms with Crippen molar-refractivity contribution in [3.63, 3.8) is 0 Å². The van der Waals surface area contributed by atoms with Crippen LogP contribution < -0.4 is 20.3 Å². The van der Waals surface area contributed by atoms with Gasteiger partial charge in [-0.25, -0.2) is 23.1 Å². The molecule has 222 valence electrons. The number of tetrazole rings is 1. The van der Waals surface area contributed by atoms with Gasteiger partial charge in [0.05, 0.1) is 31.6 Å². The van der Waals surface area contributed by atoms with Gasteiger partial charge < -0.3 is 25.0 Å². The number of anilines is 2. The topological polar surface area (TPSA) is 115 Å². The summed E-state index contributed by atoms with van der Waals surface area (Å²) in [4.78, 5) is 12.5. The molecule has 0 aliphatic carbocycles. The molecule has 0 radical (unpaired) electrons. The van der Waals surface area contributed by atoms with E-state index in [9.17, 15) is 13.2 Å². The maximum Gasteiger partial charge on any atom is 0.266 e. The average Bonchev–Trinajstić information content (AvgIpc) is 3.75. The van der Waals surface area contributed by atoms with Crippen LogP contribution in [0.5, 0.6) is 5.75 Å². The van der Waals surface area contributed by atoms with Gasteiger partial charge in [-0.2, -0.15) is 4.80 Å². The smallest absolute Gasteiger partial charge is 0.266 e. The fourth-order valence-electron chi connectivity index (χ4n) is 5.58. The molecule has 2 aromatic heterocycles. The Kier molecular flexibility index (Phi) is 9.40. The summed E-state index contributed by atoms with van der Waals surface area (Å²) in [5.41, 5.74) is 0.119. The molecular weight excluding hydrogens is 563 g/mol. The van der Waals surface area contributed by atoms with Gasteiger partial charge in [-0.3, -0.25) is 0 Å². The van der Waals surface area contributed by atoms with E-state index in [1.54, 1.807) is 17.2 Å². The largest absolute Gasteiger partial charge is 0.490 e. The Labute approximate surface area is 241 Å². The lowest BCUT2D eigenvalue weighted by Gasteiger charge is -2.30. The van der Waals surface area contributed by atoms with E-state index in [0.29, 0.717) is 55.9 Å². The molecule has 3 aromatic rings. The van der Waals surface area contributed by atoms with Crippen molar-refractivity contribution in [2.24, 2.45) is 5.92 Å². The summed E-state index contributed by atoms with van der Waals surface area (Å²) in [6.45, 7) is 4.63. The van der Waals surface area contributed by atoms with Crippen LogP contribution in [0.25, 0.3) is 0 Å². The highest BCUT2D eigenvalue weighted by Gasteiger charge is 2.32. The van der Waals surface area contributed by atoms with E-state index in [-0.39, 0.29) is 30.1 Å². The maximum absolute atomic E-state index is 14.3. The molecule has 3 aliphatic rings. The fourth-order valence-corrected chi connectivity index (χ4v) is 5.58. The van der Waals surface area contributed by atoms with Gasteiger partial charge in [0.2, 0.25) is 5.95 Å². The Bertz CT molecular complexity index is 1290. The van der Waals surface area contributed by atoms with Gasteiger partial charge in [-0.05, 0) is 48.4 Å². The van der Waals surface area contributed by atoms with Gasteiger partial charge in [-0.15, -0.1) is 17.5 Å². The first kappa shape index (κ1) is 29.3. The van der Waals surface area contributed by atoms with Crippen LogP contribution >= 0.6 is 12.4 Å². The minimum atomic E-state index is -1.20. The first-order valence-electron chi connectivity index (χ1n) is 13.7. The van der Waals surface area contributed by atoms with Crippen LogP contribution in [0.3, 0.4) is 0 Å². The molecule has 11 nitrogen and oxygen atoms in total.